The molecule has 1 aromatic rings. The third-order valence-electron chi connectivity index (χ3n) is 2.49. The molecule has 0 bridgehead atoms. The molecule has 1 rings (SSSR count). The number of carboxylic acid groups (broad SMARTS) is 1. The van der Waals surface area contributed by atoms with Crippen LogP contribution in [0.3, 0.4) is 0 Å². The van der Waals surface area contributed by atoms with Gasteiger partial charge in [0.05, 0.1) is 22.0 Å². The van der Waals surface area contributed by atoms with E-state index >= 15 is 0 Å². The summed E-state index contributed by atoms with van der Waals surface area (Å²) in [6, 6.07) is 2.27. The van der Waals surface area contributed by atoms with Gasteiger partial charge in [0.2, 0.25) is 10.0 Å². The van der Waals surface area contributed by atoms with Crippen molar-refractivity contribution in [1.82, 2.24) is 4.31 Å². The summed E-state index contributed by atoms with van der Waals surface area (Å²) in [5.41, 5.74) is -0.295. The van der Waals surface area contributed by atoms with Crippen molar-refractivity contribution in [2.75, 3.05) is 13.1 Å². The van der Waals surface area contributed by atoms with Gasteiger partial charge in [0.1, 0.15) is 0 Å². The fraction of sp³-hybridized carbons (Fsp3) is 0.250. The fourth-order valence-electron chi connectivity index (χ4n) is 1.49. The van der Waals surface area contributed by atoms with Crippen LogP contribution in [0, 0.1) is 12.3 Å². The van der Waals surface area contributed by atoms with Crippen LogP contribution in [0.2, 0.25) is 5.02 Å². The number of rotatable bonds is 5. The maximum Gasteiger partial charge on any atom is 0.337 e. The van der Waals surface area contributed by atoms with Crippen LogP contribution in [0.15, 0.2) is 21.5 Å². The zero-order valence-electron chi connectivity index (χ0n) is 10.4. The number of hydrogen-bond acceptors (Lipinski definition) is 3. The van der Waals surface area contributed by atoms with Crippen LogP contribution in [0.1, 0.15) is 17.3 Å². The van der Waals surface area contributed by atoms with Crippen LogP contribution in [-0.2, 0) is 10.0 Å². The van der Waals surface area contributed by atoms with E-state index in [1.54, 1.807) is 6.92 Å². The summed E-state index contributed by atoms with van der Waals surface area (Å²) in [6.45, 7) is 1.72. The first-order valence-electron chi connectivity index (χ1n) is 5.41. The second-order valence-electron chi connectivity index (χ2n) is 3.71. The maximum atomic E-state index is 12.4. The first kappa shape index (κ1) is 17.0. The summed E-state index contributed by atoms with van der Waals surface area (Å²) in [6.07, 6.45) is 5.13. The monoisotopic (exact) mass is 379 g/mol. The van der Waals surface area contributed by atoms with Gasteiger partial charge in [-0.1, -0.05) is 24.4 Å². The van der Waals surface area contributed by atoms with Gasteiger partial charge < -0.3 is 5.11 Å². The molecule has 108 valence electrons. The van der Waals surface area contributed by atoms with E-state index in [-0.39, 0.29) is 33.0 Å². The summed E-state index contributed by atoms with van der Waals surface area (Å²) in [7, 11) is -3.87. The lowest BCUT2D eigenvalue weighted by atomic mass is 10.2. The Morgan fingerprint density at radius 3 is 2.60 bits per heavy atom. The molecule has 0 spiro atoms. The minimum atomic E-state index is -3.87. The van der Waals surface area contributed by atoms with E-state index in [1.807, 2.05) is 0 Å². The Morgan fingerprint density at radius 1 is 1.55 bits per heavy atom. The molecule has 20 heavy (non-hydrogen) atoms. The highest BCUT2D eigenvalue weighted by Gasteiger charge is 2.25. The summed E-state index contributed by atoms with van der Waals surface area (Å²) < 4.78 is 26.0. The Morgan fingerprint density at radius 2 is 2.15 bits per heavy atom. The van der Waals surface area contributed by atoms with Crippen LogP contribution < -0.4 is 0 Å². The summed E-state index contributed by atoms with van der Waals surface area (Å²) in [5, 5.41) is 8.97. The van der Waals surface area contributed by atoms with Gasteiger partial charge in [-0.2, -0.15) is 4.31 Å². The topological polar surface area (TPSA) is 74.7 Å². The Hall–Kier alpha value is -1.07. The van der Waals surface area contributed by atoms with Crippen LogP contribution in [0.4, 0.5) is 0 Å². The quantitative estimate of drug-likeness (QED) is 0.796. The fourth-order valence-corrected chi connectivity index (χ4v) is 3.70. The number of nitrogens with zero attached hydrogens (tertiary/aromatic N) is 1. The molecule has 0 aromatic heterocycles. The highest BCUT2D eigenvalue weighted by atomic mass is 79.9. The number of aromatic carboxylic acids is 1. The van der Waals surface area contributed by atoms with Crippen LogP contribution in [0.25, 0.3) is 0 Å². The van der Waals surface area contributed by atoms with Crippen LogP contribution >= 0.6 is 27.5 Å². The summed E-state index contributed by atoms with van der Waals surface area (Å²) in [4.78, 5) is 10.9. The zero-order valence-corrected chi connectivity index (χ0v) is 13.6. The second kappa shape index (κ2) is 6.59. The predicted molar refractivity (Wildman–Crippen MR) is 79.4 cm³/mol. The molecule has 8 heteroatoms. The largest absolute Gasteiger partial charge is 0.478 e. The minimum absolute atomic E-state index is 0.0588. The molecular formula is C12H11BrClNO4S. The summed E-state index contributed by atoms with van der Waals surface area (Å²) in [5.74, 6) is 0.938. The number of terminal acetylenes is 1. The Kier molecular flexibility index (Phi) is 5.59. The van der Waals surface area contributed by atoms with Crippen molar-refractivity contribution < 1.29 is 18.3 Å². The van der Waals surface area contributed by atoms with E-state index in [0.717, 1.165) is 10.4 Å². The van der Waals surface area contributed by atoms with E-state index in [4.69, 9.17) is 23.1 Å². The van der Waals surface area contributed by atoms with E-state index in [1.165, 1.54) is 6.07 Å². The molecule has 1 aromatic carbocycles. The number of benzene rings is 1. The molecule has 1 N–H and O–H groups in total. The lowest BCUT2D eigenvalue weighted by molar-refractivity contribution is 0.0696. The smallest absolute Gasteiger partial charge is 0.337 e. The van der Waals surface area contributed by atoms with Crippen molar-refractivity contribution in [2.24, 2.45) is 0 Å². The van der Waals surface area contributed by atoms with Crippen molar-refractivity contribution >= 4 is 43.5 Å². The van der Waals surface area contributed by atoms with Crippen molar-refractivity contribution in [3.63, 3.8) is 0 Å². The van der Waals surface area contributed by atoms with Crippen molar-refractivity contribution in [1.29, 1.82) is 0 Å². The molecule has 0 saturated heterocycles. The molecule has 5 nitrogen and oxygen atoms in total. The number of carboxylic acids is 1. The standard InChI is InChI=1S/C12H11BrClNO4S/c1-3-5-15(4-2)20(18,19)8-6-9(12(16)17)11(14)10(13)7-8/h1,6-7H,4-5H2,2H3,(H,16,17). The molecule has 0 unspecified atom stereocenters. The minimum Gasteiger partial charge on any atom is -0.478 e. The van der Waals surface area contributed by atoms with E-state index in [9.17, 15) is 13.2 Å². The predicted octanol–water partition coefficient (Wildman–Crippen LogP) is 2.44. The van der Waals surface area contributed by atoms with E-state index < -0.39 is 16.0 Å². The molecule has 0 aliphatic carbocycles. The average Bonchev–Trinajstić information content (AvgIpc) is 2.38. The van der Waals surface area contributed by atoms with Gasteiger partial charge in [-0.25, -0.2) is 13.2 Å². The third-order valence-corrected chi connectivity index (χ3v) is 5.65. The Bertz CT molecular complexity index is 681. The van der Waals surface area contributed by atoms with Gasteiger partial charge in [-0.3, -0.25) is 0 Å². The lowest BCUT2D eigenvalue weighted by Crippen LogP contribution is -2.31. The lowest BCUT2D eigenvalue weighted by Gasteiger charge is -2.18. The molecular weight excluding hydrogens is 370 g/mol. The van der Waals surface area contributed by atoms with E-state index in [2.05, 4.69) is 21.9 Å². The first-order chi connectivity index (χ1) is 9.25. The van der Waals surface area contributed by atoms with Crippen LogP contribution in [0.5, 0.6) is 0 Å². The molecule has 0 atom stereocenters. The average molecular weight is 381 g/mol. The van der Waals surface area contributed by atoms with Gasteiger partial charge in [-0.15, -0.1) is 6.42 Å². The van der Waals surface area contributed by atoms with Gasteiger partial charge in [0, 0.05) is 11.0 Å². The molecule has 0 heterocycles. The SMILES string of the molecule is C#CCN(CC)S(=O)(=O)c1cc(Br)c(Cl)c(C(=O)O)c1. The van der Waals surface area contributed by atoms with Crippen molar-refractivity contribution in [3.8, 4) is 12.3 Å². The third kappa shape index (κ3) is 3.33. The second-order valence-corrected chi connectivity index (χ2v) is 6.88. The van der Waals surface area contributed by atoms with Crippen molar-refractivity contribution in [2.45, 2.75) is 11.8 Å². The normalized spacial score (nSPS) is 11.3. The van der Waals surface area contributed by atoms with Gasteiger partial charge in [0.15, 0.2) is 0 Å². The van der Waals surface area contributed by atoms with Crippen molar-refractivity contribution in [3.05, 3.63) is 27.2 Å². The zero-order chi connectivity index (χ0) is 15.5. The number of hydrogen-bond donors (Lipinski definition) is 1. The molecule has 0 saturated carbocycles. The molecule has 0 aliphatic rings. The highest BCUT2D eigenvalue weighted by molar-refractivity contribution is 9.10. The van der Waals surface area contributed by atoms with Gasteiger partial charge in [-0.05, 0) is 28.1 Å². The molecule has 0 aliphatic heterocycles. The van der Waals surface area contributed by atoms with Gasteiger partial charge in [0.25, 0.3) is 0 Å². The Labute approximate surface area is 130 Å². The van der Waals surface area contributed by atoms with Crippen LogP contribution in [-0.4, -0.2) is 36.9 Å². The number of halogens is 2. The molecule has 0 radical (unpaired) electrons. The Balaban J connectivity index is 3.47. The number of carbonyl (C=O) groups is 1. The highest BCUT2D eigenvalue weighted by Crippen LogP contribution is 2.31. The first-order valence-corrected chi connectivity index (χ1v) is 8.02. The maximum absolute atomic E-state index is 12.4. The molecule has 0 amide bonds. The molecule has 0 fully saturated rings. The number of sulfonamides is 1. The van der Waals surface area contributed by atoms with E-state index in [0.29, 0.717) is 0 Å². The van der Waals surface area contributed by atoms with Gasteiger partial charge >= 0.3 is 5.97 Å². The summed E-state index contributed by atoms with van der Waals surface area (Å²) >= 11 is 8.87.